The molecule has 1 aliphatic heterocycles. The first-order valence-electron chi connectivity index (χ1n) is 6.56. The Morgan fingerprint density at radius 2 is 2.32 bits per heavy atom. The monoisotopic (exact) mass is 294 g/mol. The SMILES string of the molecule is CC1CN(Cc2csc(-c3cccs3)n2)C(C)CO1. The van der Waals surface area contributed by atoms with E-state index in [9.17, 15) is 0 Å². The van der Waals surface area contributed by atoms with Crippen molar-refractivity contribution in [2.75, 3.05) is 13.2 Å². The van der Waals surface area contributed by atoms with Crippen LogP contribution in [0.3, 0.4) is 0 Å². The van der Waals surface area contributed by atoms with Gasteiger partial charge in [0.25, 0.3) is 0 Å². The van der Waals surface area contributed by atoms with Crippen molar-refractivity contribution in [1.82, 2.24) is 9.88 Å². The minimum atomic E-state index is 0.326. The summed E-state index contributed by atoms with van der Waals surface area (Å²) < 4.78 is 5.66. The smallest absolute Gasteiger partial charge is 0.133 e. The van der Waals surface area contributed by atoms with E-state index in [-0.39, 0.29) is 0 Å². The Balaban J connectivity index is 1.70. The molecule has 2 aromatic rings. The molecule has 2 atom stereocenters. The molecule has 0 aromatic carbocycles. The third-order valence-electron chi connectivity index (χ3n) is 3.39. The van der Waals surface area contributed by atoms with Crippen LogP contribution < -0.4 is 0 Å². The van der Waals surface area contributed by atoms with Crippen molar-refractivity contribution in [1.29, 1.82) is 0 Å². The molecule has 0 saturated carbocycles. The van der Waals surface area contributed by atoms with E-state index >= 15 is 0 Å². The molecule has 102 valence electrons. The summed E-state index contributed by atoms with van der Waals surface area (Å²) in [6.45, 7) is 7.10. The van der Waals surface area contributed by atoms with Crippen LogP contribution in [0.2, 0.25) is 0 Å². The minimum Gasteiger partial charge on any atom is -0.376 e. The average molecular weight is 294 g/mol. The number of ether oxygens (including phenoxy) is 1. The van der Waals surface area contributed by atoms with Crippen LogP contribution >= 0.6 is 22.7 Å². The van der Waals surface area contributed by atoms with Crippen molar-refractivity contribution >= 4 is 22.7 Å². The lowest BCUT2D eigenvalue weighted by molar-refractivity contribution is -0.0530. The van der Waals surface area contributed by atoms with Crippen molar-refractivity contribution in [3.8, 4) is 9.88 Å². The Hall–Kier alpha value is -0.750. The predicted octanol–water partition coefficient (Wildman–Crippen LogP) is 3.48. The van der Waals surface area contributed by atoms with Crippen molar-refractivity contribution in [2.24, 2.45) is 0 Å². The van der Waals surface area contributed by atoms with Gasteiger partial charge in [-0.05, 0) is 25.3 Å². The predicted molar refractivity (Wildman–Crippen MR) is 80.7 cm³/mol. The van der Waals surface area contributed by atoms with Crippen molar-refractivity contribution < 1.29 is 4.74 Å². The van der Waals surface area contributed by atoms with Crippen LogP contribution in [0.4, 0.5) is 0 Å². The molecule has 1 fully saturated rings. The molecule has 1 aliphatic rings. The molecule has 3 nitrogen and oxygen atoms in total. The van der Waals surface area contributed by atoms with E-state index in [0.29, 0.717) is 12.1 Å². The van der Waals surface area contributed by atoms with Crippen molar-refractivity contribution in [3.05, 3.63) is 28.6 Å². The molecule has 3 rings (SSSR count). The first-order valence-corrected chi connectivity index (χ1v) is 8.32. The van der Waals surface area contributed by atoms with Crippen LogP contribution in [-0.2, 0) is 11.3 Å². The van der Waals surface area contributed by atoms with E-state index in [0.717, 1.165) is 24.7 Å². The zero-order valence-corrected chi connectivity index (χ0v) is 12.8. The lowest BCUT2D eigenvalue weighted by atomic mass is 10.2. The topological polar surface area (TPSA) is 25.4 Å². The number of thiophene rings is 1. The number of hydrogen-bond acceptors (Lipinski definition) is 5. The zero-order chi connectivity index (χ0) is 13.2. The molecule has 0 N–H and O–H groups in total. The highest BCUT2D eigenvalue weighted by Gasteiger charge is 2.24. The molecule has 0 amide bonds. The van der Waals surface area contributed by atoms with Crippen LogP contribution in [-0.4, -0.2) is 35.2 Å². The van der Waals surface area contributed by atoms with E-state index in [2.05, 4.69) is 41.6 Å². The number of aromatic nitrogens is 1. The summed E-state index contributed by atoms with van der Waals surface area (Å²) in [5.41, 5.74) is 1.18. The van der Waals surface area contributed by atoms with E-state index in [1.807, 2.05) is 0 Å². The van der Waals surface area contributed by atoms with Gasteiger partial charge in [0, 0.05) is 24.5 Å². The lowest BCUT2D eigenvalue weighted by Gasteiger charge is -2.36. The number of morpholine rings is 1. The first-order chi connectivity index (χ1) is 9.22. The third-order valence-corrected chi connectivity index (χ3v) is 5.32. The summed E-state index contributed by atoms with van der Waals surface area (Å²) in [7, 11) is 0. The molecule has 19 heavy (non-hydrogen) atoms. The van der Waals surface area contributed by atoms with E-state index in [4.69, 9.17) is 9.72 Å². The Morgan fingerprint density at radius 3 is 3.11 bits per heavy atom. The highest BCUT2D eigenvalue weighted by atomic mass is 32.1. The fourth-order valence-corrected chi connectivity index (χ4v) is 3.92. The van der Waals surface area contributed by atoms with Gasteiger partial charge in [0.15, 0.2) is 0 Å². The highest BCUT2D eigenvalue weighted by Crippen LogP contribution is 2.28. The second-order valence-corrected chi connectivity index (χ2v) is 6.85. The summed E-state index contributed by atoms with van der Waals surface area (Å²) in [5, 5.41) is 5.42. The zero-order valence-electron chi connectivity index (χ0n) is 11.2. The van der Waals surface area contributed by atoms with Gasteiger partial charge in [0.1, 0.15) is 5.01 Å². The normalized spacial score (nSPS) is 24.7. The summed E-state index contributed by atoms with van der Waals surface area (Å²) in [6.07, 6.45) is 0.326. The Bertz CT molecular complexity index is 523. The average Bonchev–Trinajstić information content (AvgIpc) is 3.04. The molecule has 5 heteroatoms. The largest absolute Gasteiger partial charge is 0.376 e. The van der Waals surface area contributed by atoms with Gasteiger partial charge in [-0.2, -0.15) is 0 Å². The van der Waals surface area contributed by atoms with Gasteiger partial charge in [-0.3, -0.25) is 4.90 Å². The molecular weight excluding hydrogens is 276 g/mol. The fourth-order valence-electron chi connectivity index (χ4n) is 2.29. The summed E-state index contributed by atoms with van der Waals surface area (Å²) in [6, 6.07) is 4.68. The quantitative estimate of drug-likeness (QED) is 0.866. The number of hydrogen-bond donors (Lipinski definition) is 0. The van der Waals surface area contributed by atoms with Gasteiger partial charge < -0.3 is 4.74 Å². The van der Waals surface area contributed by atoms with Crippen LogP contribution in [0.5, 0.6) is 0 Å². The molecule has 3 heterocycles. The van der Waals surface area contributed by atoms with Crippen LogP contribution in [0.1, 0.15) is 19.5 Å². The maximum Gasteiger partial charge on any atom is 0.133 e. The van der Waals surface area contributed by atoms with E-state index in [1.165, 1.54) is 10.6 Å². The third kappa shape index (κ3) is 3.05. The second-order valence-electron chi connectivity index (χ2n) is 5.04. The summed E-state index contributed by atoms with van der Waals surface area (Å²) >= 11 is 3.49. The molecule has 0 radical (unpaired) electrons. The van der Waals surface area contributed by atoms with Crippen LogP contribution in [0.15, 0.2) is 22.9 Å². The van der Waals surface area contributed by atoms with Crippen LogP contribution in [0.25, 0.3) is 9.88 Å². The molecule has 0 bridgehead atoms. The molecule has 0 aliphatic carbocycles. The van der Waals surface area contributed by atoms with E-state index in [1.54, 1.807) is 22.7 Å². The number of rotatable bonds is 3. The van der Waals surface area contributed by atoms with Gasteiger partial charge in [-0.15, -0.1) is 22.7 Å². The molecule has 2 unspecified atom stereocenters. The summed E-state index contributed by atoms with van der Waals surface area (Å²) in [5.74, 6) is 0. The standard InChI is InChI=1S/C14H18N2OS2/c1-10-8-17-11(2)6-16(10)7-12-9-19-14(15-12)13-4-3-5-18-13/h3-5,9-11H,6-8H2,1-2H3. The van der Waals surface area contributed by atoms with Gasteiger partial charge in [0.05, 0.1) is 23.3 Å². The van der Waals surface area contributed by atoms with E-state index < -0.39 is 0 Å². The number of thiazole rings is 1. The Morgan fingerprint density at radius 1 is 1.42 bits per heavy atom. The molecule has 0 spiro atoms. The van der Waals surface area contributed by atoms with Gasteiger partial charge >= 0.3 is 0 Å². The second kappa shape index (κ2) is 5.71. The minimum absolute atomic E-state index is 0.326. The maximum absolute atomic E-state index is 5.66. The Labute approximate surface area is 121 Å². The highest BCUT2D eigenvalue weighted by molar-refractivity contribution is 7.20. The summed E-state index contributed by atoms with van der Waals surface area (Å²) in [4.78, 5) is 8.48. The lowest BCUT2D eigenvalue weighted by Crippen LogP contribution is -2.46. The molecule has 1 saturated heterocycles. The Kier molecular flexibility index (Phi) is 3.98. The fraction of sp³-hybridized carbons (Fsp3) is 0.500. The van der Waals surface area contributed by atoms with Crippen molar-refractivity contribution in [2.45, 2.75) is 32.5 Å². The number of nitrogens with zero attached hydrogens (tertiary/aromatic N) is 2. The molecular formula is C14H18N2OS2. The van der Waals surface area contributed by atoms with Crippen LogP contribution in [0, 0.1) is 0 Å². The molecule has 2 aromatic heterocycles. The van der Waals surface area contributed by atoms with Gasteiger partial charge in [0.2, 0.25) is 0 Å². The first kappa shape index (κ1) is 13.2. The van der Waals surface area contributed by atoms with Crippen molar-refractivity contribution in [3.63, 3.8) is 0 Å². The van der Waals surface area contributed by atoms with Gasteiger partial charge in [-0.1, -0.05) is 6.07 Å². The maximum atomic E-state index is 5.66. The van der Waals surface area contributed by atoms with Gasteiger partial charge in [-0.25, -0.2) is 4.98 Å².